The highest BCUT2D eigenvalue weighted by atomic mass is 16.4. The molecule has 0 spiro atoms. The smallest absolute Gasteiger partial charge is 0.339 e. The maximum Gasteiger partial charge on any atom is 0.339 e. The molecule has 0 bridgehead atoms. The molecule has 156 valence electrons. The highest BCUT2D eigenvalue weighted by Gasteiger charge is 2.28. The minimum atomic E-state index is -0.441. The van der Waals surface area contributed by atoms with Crippen LogP contribution in [0.1, 0.15) is 54.0 Å². The molecule has 3 heterocycles. The van der Waals surface area contributed by atoms with E-state index < -0.39 is 5.63 Å². The Balaban J connectivity index is 1.57. The molecule has 4 rings (SSSR count). The quantitative estimate of drug-likeness (QED) is 0.657. The Labute approximate surface area is 175 Å². The monoisotopic (exact) mass is 406 g/mol. The first kappa shape index (κ1) is 20.1. The number of likely N-dealkylation sites (tertiary alicyclic amines) is 1. The summed E-state index contributed by atoms with van der Waals surface area (Å²) in [7, 11) is 0. The Morgan fingerprint density at radius 2 is 2.07 bits per heavy atom. The van der Waals surface area contributed by atoms with Crippen molar-refractivity contribution in [2.45, 2.75) is 52.0 Å². The minimum Gasteiger partial charge on any atom is -0.508 e. The molecule has 0 unspecified atom stereocenters. The number of pyridine rings is 1. The number of phenols is 1. The van der Waals surface area contributed by atoms with Gasteiger partial charge in [-0.25, -0.2) is 4.79 Å². The van der Waals surface area contributed by atoms with E-state index in [-0.39, 0.29) is 24.1 Å². The lowest BCUT2D eigenvalue weighted by molar-refractivity contribution is -0.135. The summed E-state index contributed by atoms with van der Waals surface area (Å²) < 4.78 is 5.50. The highest BCUT2D eigenvalue weighted by Crippen LogP contribution is 2.32. The second-order valence-corrected chi connectivity index (χ2v) is 7.96. The number of benzene rings is 1. The molecular weight excluding hydrogens is 380 g/mol. The zero-order valence-corrected chi connectivity index (χ0v) is 17.4. The average Bonchev–Trinajstić information content (AvgIpc) is 2.77. The van der Waals surface area contributed by atoms with E-state index in [4.69, 9.17) is 4.42 Å². The zero-order chi connectivity index (χ0) is 21.3. The third-order valence-electron chi connectivity index (χ3n) is 6.16. The first-order chi connectivity index (χ1) is 14.5. The van der Waals surface area contributed by atoms with Gasteiger partial charge in [0.1, 0.15) is 11.3 Å². The van der Waals surface area contributed by atoms with Gasteiger partial charge in [0.15, 0.2) is 0 Å². The number of fused-ring (bicyclic) bond motifs is 1. The Hall–Kier alpha value is -3.15. The van der Waals surface area contributed by atoms with E-state index in [1.165, 1.54) is 0 Å². The average molecular weight is 406 g/mol. The lowest BCUT2D eigenvalue weighted by atomic mass is 9.95. The summed E-state index contributed by atoms with van der Waals surface area (Å²) in [6.07, 6.45) is 7.16. The fourth-order valence-corrected chi connectivity index (χ4v) is 4.39. The molecule has 1 fully saturated rings. The molecule has 1 saturated heterocycles. The largest absolute Gasteiger partial charge is 0.508 e. The van der Waals surface area contributed by atoms with E-state index in [0.29, 0.717) is 23.1 Å². The molecule has 6 heteroatoms. The predicted octanol–water partition coefficient (Wildman–Crippen LogP) is 4.20. The van der Waals surface area contributed by atoms with Crippen LogP contribution in [0.3, 0.4) is 0 Å². The Bertz CT molecular complexity index is 1140. The van der Waals surface area contributed by atoms with Crippen molar-refractivity contribution in [3.63, 3.8) is 0 Å². The summed E-state index contributed by atoms with van der Waals surface area (Å²) in [6.45, 7) is 4.31. The summed E-state index contributed by atoms with van der Waals surface area (Å²) >= 11 is 0. The number of piperidine rings is 1. The number of phenolic OH excluding ortho intramolecular Hbond substituents is 1. The number of carbonyl (C=O) groups is 1. The Kier molecular flexibility index (Phi) is 5.57. The third kappa shape index (κ3) is 3.70. The molecule has 0 radical (unpaired) electrons. The SMILES string of the molecule is Cc1c(CCC(=O)N2CCCC[C@@H]2c2cccnc2)c(=O)oc2c(C)c(O)ccc12. The normalized spacial score (nSPS) is 16.7. The fraction of sp³-hybridized carbons (Fsp3) is 0.375. The van der Waals surface area contributed by atoms with Crippen LogP contribution in [-0.2, 0) is 11.2 Å². The number of nitrogens with zero attached hydrogens (tertiary/aromatic N) is 2. The topological polar surface area (TPSA) is 83.6 Å². The van der Waals surface area contributed by atoms with Gasteiger partial charge < -0.3 is 14.4 Å². The molecule has 0 saturated carbocycles. The molecule has 2 aromatic heterocycles. The third-order valence-corrected chi connectivity index (χ3v) is 6.16. The minimum absolute atomic E-state index is 0.0414. The van der Waals surface area contributed by atoms with Gasteiger partial charge in [0, 0.05) is 41.9 Å². The molecule has 1 aromatic carbocycles. The molecule has 30 heavy (non-hydrogen) atoms. The van der Waals surface area contributed by atoms with Crippen LogP contribution >= 0.6 is 0 Å². The highest BCUT2D eigenvalue weighted by molar-refractivity contribution is 5.85. The molecule has 1 atom stereocenters. The lowest BCUT2D eigenvalue weighted by Gasteiger charge is -2.36. The van der Waals surface area contributed by atoms with Gasteiger partial charge in [-0.2, -0.15) is 0 Å². The number of hydrogen-bond donors (Lipinski definition) is 1. The molecule has 6 nitrogen and oxygen atoms in total. The number of amides is 1. The molecule has 1 aliphatic heterocycles. The van der Waals surface area contributed by atoms with Crippen LogP contribution < -0.4 is 5.63 Å². The molecule has 1 amide bonds. The van der Waals surface area contributed by atoms with Crippen LogP contribution in [0.5, 0.6) is 5.75 Å². The van der Waals surface area contributed by atoms with Gasteiger partial charge in [0.2, 0.25) is 5.91 Å². The van der Waals surface area contributed by atoms with Crippen LogP contribution in [0.4, 0.5) is 0 Å². The van der Waals surface area contributed by atoms with E-state index >= 15 is 0 Å². The van der Waals surface area contributed by atoms with Crippen LogP contribution in [-0.4, -0.2) is 27.4 Å². The second-order valence-electron chi connectivity index (χ2n) is 7.96. The van der Waals surface area contributed by atoms with E-state index in [9.17, 15) is 14.7 Å². The van der Waals surface area contributed by atoms with Crippen molar-refractivity contribution in [3.8, 4) is 5.75 Å². The van der Waals surface area contributed by atoms with E-state index in [1.807, 2.05) is 30.2 Å². The molecule has 1 N–H and O–H groups in total. The molecular formula is C24H26N2O4. The standard InChI is InChI=1S/C24H26N2O4/c1-15-18-8-10-21(27)16(2)23(18)30-24(29)19(15)9-11-22(28)26-13-4-3-7-20(26)17-6-5-12-25-14-17/h5-6,8,10,12,14,20,27H,3-4,7,9,11,13H2,1-2H3/t20-/m1/s1. The van der Waals surface area contributed by atoms with Gasteiger partial charge in [-0.3, -0.25) is 9.78 Å². The van der Waals surface area contributed by atoms with Crippen LogP contribution in [0, 0.1) is 13.8 Å². The number of rotatable bonds is 4. The van der Waals surface area contributed by atoms with Crippen molar-refractivity contribution >= 4 is 16.9 Å². The van der Waals surface area contributed by atoms with Gasteiger partial charge in [-0.1, -0.05) is 6.07 Å². The van der Waals surface area contributed by atoms with E-state index in [1.54, 1.807) is 25.3 Å². The Morgan fingerprint density at radius 1 is 1.23 bits per heavy atom. The number of carbonyl (C=O) groups excluding carboxylic acids is 1. The van der Waals surface area contributed by atoms with Crippen LogP contribution in [0.25, 0.3) is 11.0 Å². The summed E-state index contributed by atoms with van der Waals surface area (Å²) in [5, 5.41) is 10.7. The van der Waals surface area contributed by atoms with Crippen molar-refractivity contribution in [1.29, 1.82) is 0 Å². The summed E-state index contributed by atoms with van der Waals surface area (Å²) in [6, 6.07) is 7.31. The van der Waals surface area contributed by atoms with Crippen molar-refractivity contribution in [2.24, 2.45) is 0 Å². The number of aryl methyl sites for hydroxylation is 2. The summed E-state index contributed by atoms with van der Waals surface area (Å²) in [5.41, 5.74) is 2.89. The van der Waals surface area contributed by atoms with Crippen molar-refractivity contribution in [1.82, 2.24) is 9.88 Å². The summed E-state index contributed by atoms with van der Waals surface area (Å²) in [4.78, 5) is 31.8. The van der Waals surface area contributed by atoms with E-state index in [0.717, 1.165) is 42.3 Å². The summed E-state index contributed by atoms with van der Waals surface area (Å²) in [5.74, 6) is 0.142. The van der Waals surface area contributed by atoms with Crippen molar-refractivity contribution in [3.05, 3.63) is 69.3 Å². The van der Waals surface area contributed by atoms with Gasteiger partial charge in [0.25, 0.3) is 0 Å². The number of hydrogen-bond acceptors (Lipinski definition) is 5. The Morgan fingerprint density at radius 3 is 2.83 bits per heavy atom. The maximum absolute atomic E-state index is 13.1. The van der Waals surface area contributed by atoms with Crippen LogP contribution in [0.2, 0.25) is 0 Å². The maximum atomic E-state index is 13.1. The predicted molar refractivity (Wildman–Crippen MR) is 114 cm³/mol. The fourth-order valence-electron chi connectivity index (χ4n) is 4.39. The van der Waals surface area contributed by atoms with Crippen LogP contribution in [0.15, 0.2) is 45.9 Å². The van der Waals surface area contributed by atoms with Gasteiger partial charge in [-0.15, -0.1) is 0 Å². The van der Waals surface area contributed by atoms with Crippen molar-refractivity contribution in [2.75, 3.05) is 6.54 Å². The van der Waals surface area contributed by atoms with Gasteiger partial charge >= 0.3 is 5.63 Å². The van der Waals surface area contributed by atoms with Crippen molar-refractivity contribution < 1.29 is 14.3 Å². The molecule has 1 aliphatic rings. The zero-order valence-electron chi connectivity index (χ0n) is 17.4. The lowest BCUT2D eigenvalue weighted by Crippen LogP contribution is -2.38. The second kappa shape index (κ2) is 8.30. The number of aromatic hydroxyl groups is 1. The molecule has 3 aromatic rings. The first-order valence-corrected chi connectivity index (χ1v) is 10.4. The first-order valence-electron chi connectivity index (χ1n) is 10.4. The van der Waals surface area contributed by atoms with Gasteiger partial charge in [0.05, 0.1) is 6.04 Å². The number of aromatic nitrogens is 1. The van der Waals surface area contributed by atoms with E-state index in [2.05, 4.69) is 4.98 Å². The van der Waals surface area contributed by atoms with Gasteiger partial charge in [-0.05, 0) is 68.9 Å². The molecule has 0 aliphatic carbocycles.